The van der Waals surface area contributed by atoms with Gasteiger partial charge in [0.05, 0.1) is 5.69 Å². The van der Waals surface area contributed by atoms with E-state index in [4.69, 9.17) is 0 Å². The van der Waals surface area contributed by atoms with Crippen LogP contribution in [-0.4, -0.2) is 23.0 Å². The largest absolute Gasteiger partial charge is 0.294 e. The predicted octanol–water partition coefficient (Wildman–Crippen LogP) is 2.23. The Bertz CT molecular complexity index is 305. The van der Waals surface area contributed by atoms with Crippen LogP contribution >= 0.6 is 0 Å². The van der Waals surface area contributed by atoms with Crippen LogP contribution in [0.15, 0.2) is 36.5 Å². The third kappa shape index (κ3) is 2.42. The molecule has 0 saturated carbocycles. The second kappa shape index (κ2) is 4.38. The number of likely N-dealkylation sites (tertiary alicyclic amines) is 1. The molecule has 0 radical (unpaired) electrons. The normalized spacial score (nSPS) is 18.4. The van der Waals surface area contributed by atoms with E-state index in [1.807, 2.05) is 18.3 Å². The molecule has 14 heavy (non-hydrogen) atoms. The molecule has 1 saturated heterocycles. The van der Waals surface area contributed by atoms with Gasteiger partial charge in [-0.25, -0.2) is 0 Å². The minimum Gasteiger partial charge on any atom is -0.294 e. The molecular formula is C12H16N2. The maximum absolute atomic E-state index is 4.33. The molecule has 0 atom stereocenters. The molecule has 74 valence electrons. The van der Waals surface area contributed by atoms with Gasteiger partial charge in [0.25, 0.3) is 0 Å². The van der Waals surface area contributed by atoms with Crippen molar-refractivity contribution in [2.75, 3.05) is 13.1 Å². The molecule has 1 aromatic rings. The van der Waals surface area contributed by atoms with Crippen molar-refractivity contribution in [2.24, 2.45) is 0 Å². The molecule has 1 aromatic heterocycles. The molecule has 1 fully saturated rings. The Morgan fingerprint density at radius 2 is 2.36 bits per heavy atom. The summed E-state index contributed by atoms with van der Waals surface area (Å²) < 4.78 is 0. The second-order valence-corrected chi connectivity index (χ2v) is 3.89. The van der Waals surface area contributed by atoms with Crippen LogP contribution in [0.5, 0.6) is 0 Å². The lowest BCUT2D eigenvalue weighted by molar-refractivity contribution is 0.255. The fourth-order valence-electron chi connectivity index (χ4n) is 1.88. The molecule has 0 amide bonds. The summed E-state index contributed by atoms with van der Waals surface area (Å²) in [4.78, 5) is 6.74. The summed E-state index contributed by atoms with van der Waals surface area (Å²) in [5, 5.41) is 0. The Kier molecular flexibility index (Phi) is 2.94. The van der Waals surface area contributed by atoms with Gasteiger partial charge in [0, 0.05) is 19.3 Å². The zero-order chi connectivity index (χ0) is 9.80. The first-order chi connectivity index (χ1) is 6.84. The van der Waals surface area contributed by atoms with Crippen molar-refractivity contribution < 1.29 is 0 Å². The number of nitrogens with zero attached hydrogens (tertiary/aromatic N) is 2. The van der Waals surface area contributed by atoms with Gasteiger partial charge in [0.2, 0.25) is 0 Å². The average Bonchev–Trinajstić information content (AvgIpc) is 2.19. The molecule has 0 spiro atoms. The van der Waals surface area contributed by atoms with Gasteiger partial charge in [0.15, 0.2) is 0 Å². The van der Waals surface area contributed by atoms with Crippen molar-refractivity contribution in [1.29, 1.82) is 0 Å². The molecule has 1 aliphatic heterocycles. The van der Waals surface area contributed by atoms with Gasteiger partial charge < -0.3 is 0 Å². The molecule has 0 bridgehead atoms. The van der Waals surface area contributed by atoms with Crippen LogP contribution in [0, 0.1) is 0 Å². The molecule has 2 nitrogen and oxygen atoms in total. The highest BCUT2D eigenvalue weighted by atomic mass is 15.1. The highest BCUT2D eigenvalue weighted by Crippen LogP contribution is 2.15. The van der Waals surface area contributed by atoms with Gasteiger partial charge >= 0.3 is 0 Å². The Morgan fingerprint density at radius 3 is 3.07 bits per heavy atom. The van der Waals surface area contributed by atoms with Crippen LogP contribution < -0.4 is 0 Å². The average molecular weight is 188 g/mol. The van der Waals surface area contributed by atoms with Crippen molar-refractivity contribution in [3.8, 4) is 0 Å². The monoisotopic (exact) mass is 188 g/mol. The predicted molar refractivity (Wildman–Crippen MR) is 57.9 cm³/mol. The summed E-state index contributed by atoms with van der Waals surface area (Å²) >= 11 is 0. The number of aromatic nitrogens is 1. The maximum atomic E-state index is 4.33. The lowest BCUT2D eigenvalue weighted by Crippen LogP contribution is -2.30. The van der Waals surface area contributed by atoms with E-state index in [2.05, 4.69) is 22.5 Å². The van der Waals surface area contributed by atoms with Gasteiger partial charge in [-0.15, -0.1) is 0 Å². The Balaban J connectivity index is 1.94. The van der Waals surface area contributed by atoms with Gasteiger partial charge in [-0.2, -0.15) is 0 Å². The number of pyridine rings is 1. The first-order valence-electron chi connectivity index (χ1n) is 5.13. The van der Waals surface area contributed by atoms with E-state index < -0.39 is 0 Å². The van der Waals surface area contributed by atoms with E-state index in [9.17, 15) is 0 Å². The molecular weight excluding hydrogens is 172 g/mol. The summed E-state index contributed by atoms with van der Waals surface area (Å²) in [5.41, 5.74) is 2.51. The number of piperidine rings is 1. The fraction of sp³-hybridized carbons (Fsp3) is 0.417. The number of hydrogen-bond donors (Lipinski definition) is 0. The lowest BCUT2D eigenvalue weighted by atomic mass is 10.1. The van der Waals surface area contributed by atoms with Crippen molar-refractivity contribution >= 4 is 0 Å². The van der Waals surface area contributed by atoms with Crippen LogP contribution in [0.2, 0.25) is 0 Å². The van der Waals surface area contributed by atoms with E-state index >= 15 is 0 Å². The SMILES string of the molecule is C=C1CCCN(Cc2ccccn2)C1. The van der Waals surface area contributed by atoms with Crippen molar-refractivity contribution in [3.63, 3.8) is 0 Å². The minimum atomic E-state index is 0.958. The second-order valence-electron chi connectivity index (χ2n) is 3.89. The van der Waals surface area contributed by atoms with Crippen molar-refractivity contribution in [1.82, 2.24) is 9.88 Å². The van der Waals surface area contributed by atoms with Crippen LogP contribution in [0.3, 0.4) is 0 Å². The van der Waals surface area contributed by atoms with Crippen LogP contribution in [-0.2, 0) is 6.54 Å². The standard InChI is InChI=1S/C12H16N2/c1-11-5-4-8-14(9-11)10-12-6-2-3-7-13-12/h2-3,6-7H,1,4-5,8-10H2. The molecule has 1 aliphatic rings. The minimum absolute atomic E-state index is 0.958. The third-order valence-electron chi connectivity index (χ3n) is 2.56. The molecule has 0 aromatic carbocycles. The number of rotatable bonds is 2. The molecule has 0 N–H and O–H groups in total. The topological polar surface area (TPSA) is 16.1 Å². The fourth-order valence-corrected chi connectivity index (χ4v) is 1.88. The van der Waals surface area contributed by atoms with E-state index in [0.29, 0.717) is 0 Å². The third-order valence-corrected chi connectivity index (χ3v) is 2.56. The highest BCUT2D eigenvalue weighted by molar-refractivity contribution is 5.06. The van der Waals surface area contributed by atoms with Crippen molar-refractivity contribution in [3.05, 3.63) is 42.2 Å². The molecule has 2 heterocycles. The van der Waals surface area contributed by atoms with E-state index in [0.717, 1.165) is 18.8 Å². The van der Waals surface area contributed by atoms with E-state index in [1.54, 1.807) is 0 Å². The molecule has 0 aliphatic carbocycles. The van der Waals surface area contributed by atoms with E-state index in [-0.39, 0.29) is 0 Å². The summed E-state index contributed by atoms with van der Waals surface area (Å²) in [6.45, 7) is 7.22. The summed E-state index contributed by atoms with van der Waals surface area (Å²) in [6, 6.07) is 6.08. The van der Waals surface area contributed by atoms with Gasteiger partial charge in [0.1, 0.15) is 0 Å². The first kappa shape index (κ1) is 9.41. The highest BCUT2D eigenvalue weighted by Gasteiger charge is 2.12. The number of hydrogen-bond acceptors (Lipinski definition) is 2. The van der Waals surface area contributed by atoms with Gasteiger partial charge in [-0.3, -0.25) is 9.88 Å². The van der Waals surface area contributed by atoms with Gasteiger partial charge in [-0.05, 0) is 31.5 Å². The van der Waals surface area contributed by atoms with Crippen molar-refractivity contribution in [2.45, 2.75) is 19.4 Å². The molecule has 0 unspecified atom stereocenters. The van der Waals surface area contributed by atoms with Crippen LogP contribution in [0.25, 0.3) is 0 Å². The summed E-state index contributed by atoms with van der Waals surface area (Å²) in [6.07, 6.45) is 4.29. The summed E-state index contributed by atoms with van der Waals surface area (Å²) in [7, 11) is 0. The molecule has 2 heteroatoms. The first-order valence-corrected chi connectivity index (χ1v) is 5.13. The molecule has 2 rings (SSSR count). The maximum Gasteiger partial charge on any atom is 0.0544 e. The summed E-state index contributed by atoms with van der Waals surface area (Å²) in [5.74, 6) is 0. The van der Waals surface area contributed by atoms with Crippen LogP contribution in [0.1, 0.15) is 18.5 Å². The Morgan fingerprint density at radius 1 is 1.43 bits per heavy atom. The van der Waals surface area contributed by atoms with Crippen LogP contribution in [0.4, 0.5) is 0 Å². The van der Waals surface area contributed by atoms with Gasteiger partial charge in [-0.1, -0.05) is 18.2 Å². The zero-order valence-electron chi connectivity index (χ0n) is 8.45. The lowest BCUT2D eigenvalue weighted by Gasteiger charge is -2.27. The quantitative estimate of drug-likeness (QED) is 0.662. The van der Waals surface area contributed by atoms with E-state index in [1.165, 1.54) is 25.0 Å². The zero-order valence-corrected chi connectivity index (χ0v) is 8.45. The smallest absolute Gasteiger partial charge is 0.0544 e. The Labute approximate surface area is 85.3 Å². The Hall–Kier alpha value is -1.15.